The summed E-state index contributed by atoms with van der Waals surface area (Å²) in [5.41, 5.74) is 4.02. The molecule has 0 radical (unpaired) electrons. The third-order valence-corrected chi connectivity index (χ3v) is 3.36. The second-order valence-electron chi connectivity index (χ2n) is 5.19. The van der Waals surface area contributed by atoms with Crippen LogP contribution in [0.4, 0.5) is 0 Å². The molecule has 110 valence electrons. The van der Waals surface area contributed by atoms with Crippen LogP contribution in [0.1, 0.15) is 27.0 Å². The maximum Gasteiger partial charge on any atom is 0.251 e. The molecule has 0 saturated carbocycles. The lowest BCUT2D eigenvalue weighted by Crippen LogP contribution is -2.25. The van der Waals surface area contributed by atoms with E-state index in [1.54, 1.807) is 7.11 Å². The highest BCUT2D eigenvalue weighted by atomic mass is 16.5. The standard InChI is InChI=1S/C18H21NO2/c1-13-10-14(2)12-16(11-13)18(20)19-9-8-15-6-4-5-7-17(15)21-3/h4-7,10-12H,8-9H2,1-3H3,(H,19,20). The van der Waals surface area contributed by atoms with Gasteiger partial charge in [-0.2, -0.15) is 0 Å². The predicted octanol–water partition coefficient (Wildman–Crippen LogP) is 3.28. The molecule has 0 aromatic heterocycles. The molecule has 1 amide bonds. The van der Waals surface area contributed by atoms with Crippen molar-refractivity contribution in [3.05, 3.63) is 64.7 Å². The molecule has 2 aromatic carbocycles. The highest BCUT2D eigenvalue weighted by Gasteiger charge is 2.07. The van der Waals surface area contributed by atoms with Gasteiger partial charge in [-0.05, 0) is 44.0 Å². The maximum atomic E-state index is 12.2. The Hall–Kier alpha value is -2.29. The minimum absolute atomic E-state index is 0.0308. The van der Waals surface area contributed by atoms with Crippen LogP contribution in [0.15, 0.2) is 42.5 Å². The fourth-order valence-corrected chi connectivity index (χ4v) is 2.43. The van der Waals surface area contributed by atoms with Crippen molar-refractivity contribution in [3.63, 3.8) is 0 Å². The van der Waals surface area contributed by atoms with Gasteiger partial charge in [0.05, 0.1) is 7.11 Å². The predicted molar refractivity (Wildman–Crippen MR) is 84.9 cm³/mol. The summed E-state index contributed by atoms with van der Waals surface area (Å²) in [6, 6.07) is 13.7. The molecule has 21 heavy (non-hydrogen) atoms. The summed E-state index contributed by atoms with van der Waals surface area (Å²) in [5.74, 6) is 0.829. The monoisotopic (exact) mass is 283 g/mol. The molecule has 0 aliphatic rings. The van der Waals surface area contributed by atoms with Crippen LogP contribution in [0, 0.1) is 13.8 Å². The van der Waals surface area contributed by atoms with Gasteiger partial charge in [0.25, 0.3) is 5.91 Å². The Labute approximate surface area is 126 Å². The molecule has 0 unspecified atom stereocenters. The summed E-state index contributed by atoms with van der Waals surface area (Å²) in [6.07, 6.45) is 0.751. The quantitative estimate of drug-likeness (QED) is 0.914. The number of hydrogen-bond acceptors (Lipinski definition) is 2. The van der Waals surface area contributed by atoms with Crippen molar-refractivity contribution in [2.45, 2.75) is 20.3 Å². The molecule has 0 aliphatic carbocycles. The van der Waals surface area contributed by atoms with Crippen LogP contribution in [0.5, 0.6) is 5.75 Å². The Morgan fingerprint density at radius 2 is 1.76 bits per heavy atom. The van der Waals surface area contributed by atoms with E-state index in [1.807, 2.05) is 50.2 Å². The van der Waals surface area contributed by atoms with E-state index in [9.17, 15) is 4.79 Å². The van der Waals surface area contributed by atoms with Crippen molar-refractivity contribution in [1.29, 1.82) is 0 Å². The summed E-state index contributed by atoms with van der Waals surface area (Å²) < 4.78 is 5.31. The van der Waals surface area contributed by atoms with E-state index in [0.717, 1.165) is 28.9 Å². The van der Waals surface area contributed by atoms with E-state index in [1.165, 1.54) is 0 Å². The number of rotatable bonds is 5. The fourth-order valence-electron chi connectivity index (χ4n) is 2.43. The molecular weight excluding hydrogens is 262 g/mol. The molecule has 0 atom stereocenters. The van der Waals surface area contributed by atoms with Crippen LogP contribution in [-0.2, 0) is 6.42 Å². The molecule has 0 aliphatic heterocycles. The zero-order valence-electron chi connectivity index (χ0n) is 12.8. The summed E-state index contributed by atoms with van der Waals surface area (Å²) >= 11 is 0. The van der Waals surface area contributed by atoms with Crippen molar-refractivity contribution in [2.75, 3.05) is 13.7 Å². The number of amides is 1. The molecule has 2 rings (SSSR count). The van der Waals surface area contributed by atoms with Gasteiger partial charge in [0.15, 0.2) is 0 Å². The molecular formula is C18H21NO2. The number of aryl methyl sites for hydroxylation is 2. The van der Waals surface area contributed by atoms with Crippen molar-refractivity contribution in [3.8, 4) is 5.75 Å². The number of methoxy groups -OCH3 is 1. The molecule has 0 saturated heterocycles. The van der Waals surface area contributed by atoms with Crippen molar-refractivity contribution < 1.29 is 9.53 Å². The van der Waals surface area contributed by atoms with E-state index in [4.69, 9.17) is 4.74 Å². The average Bonchev–Trinajstić information content (AvgIpc) is 2.46. The van der Waals surface area contributed by atoms with Gasteiger partial charge in [-0.1, -0.05) is 35.4 Å². The van der Waals surface area contributed by atoms with Gasteiger partial charge in [-0.15, -0.1) is 0 Å². The van der Waals surface area contributed by atoms with Crippen molar-refractivity contribution >= 4 is 5.91 Å². The second kappa shape index (κ2) is 6.93. The van der Waals surface area contributed by atoms with E-state index >= 15 is 0 Å². The van der Waals surface area contributed by atoms with Crippen LogP contribution in [0.25, 0.3) is 0 Å². The van der Waals surface area contributed by atoms with E-state index in [0.29, 0.717) is 12.1 Å². The Morgan fingerprint density at radius 1 is 1.10 bits per heavy atom. The number of carbonyl (C=O) groups is 1. The van der Waals surface area contributed by atoms with Crippen LogP contribution in [-0.4, -0.2) is 19.6 Å². The fraction of sp³-hybridized carbons (Fsp3) is 0.278. The molecule has 0 heterocycles. The summed E-state index contributed by atoms with van der Waals surface area (Å²) in [7, 11) is 1.66. The highest BCUT2D eigenvalue weighted by Crippen LogP contribution is 2.17. The number of carbonyl (C=O) groups excluding carboxylic acids is 1. The molecule has 1 N–H and O–H groups in total. The van der Waals surface area contributed by atoms with Gasteiger partial charge in [0.1, 0.15) is 5.75 Å². The zero-order chi connectivity index (χ0) is 15.2. The van der Waals surface area contributed by atoms with Crippen LogP contribution in [0.3, 0.4) is 0 Å². The SMILES string of the molecule is COc1ccccc1CCNC(=O)c1cc(C)cc(C)c1. The number of ether oxygens (including phenoxy) is 1. The number of nitrogens with one attached hydrogen (secondary N) is 1. The summed E-state index contributed by atoms with van der Waals surface area (Å²) in [6.45, 7) is 4.59. The Bertz CT molecular complexity index is 615. The minimum Gasteiger partial charge on any atom is -0.496 e. The number of benzene rings is 2. The highest BCUT2D eigenvalue weighted by molar-refractivity contribution is 5.94. The molecule has 2 aromatic rings. The first-order valence-corrected chi connectivity index (χ1v) is 7.08. The third kappa shape index (κ3) is 4.09. The Balaban J connectivity index is 1.95. The van der Waals surface area contributed by atoms with Gasteiger partial charge in [-0.3, -0.25) is 4.79 Å². The van der Waals surface area contributed by atoms with Crippen molar-refractivity contribution in [2.24, 2.45) is 0 Å². The smallest absolute Gasteiger partial charge is 0.251 e. The summed E-state index contributed by atoms with van der Waals surface area (Å²) in [5, 5.41) is 2.96. The lowest BCUT2D eigenvalue weighted by molar-refractivity contribution is 0.0954. The van der Waals surface area contributed by atoms with Crippen LogP contribution in [0.2, 0.25) is 0 Å². The van der Waals surface area contributed by atoms with Gasteiger partial charge in [0.2, 0.25) is 0 Å². The number of para-hydroxylation sites is 1. The van der Waals surface area contributed by atoms with E-state index in [-0.39, 0.29) is 5.91 Å². The van der Waals surface area contributed by atoms with E-state index < -0.39 is 0 Å². The Morgan fingerprint density at radius 3 is 2.43 bits per heavy atom. The van der Waals surface area contributed by atoms with Crippen molar-refractivity contribution in [1.82, 2.24) is 5.32 Å². The Kier molecular flexibility index (Phi) is 4.99. The largest absolute Gasteiger partial charge is 0.496 e. The molecule has 3 heteroatoms. The van der Waals surface area contributed by atoms with Gasteiger partial charge in [0, 0.05) is 12.1 Å². The average molecular weight is 283 g/mol. The zero-order valence-corrected chi connectivity index (χ0v) is 12.8. The molecule has 0 fully saturated rings. The van der Waals surface area contributed by atoms with Gasteiger partial charge >= 0.3 is 0 Å². The minimum atomic E-state index is -0.0308. The first-order valence-electron chi connectivity index (χ1n) is 7.08. The van der Waals surface area contributed by atoms with Gasteiger partial charge < -0.3 is 10.1 Å². The maximum absolute atomic E-state index is 12.2. The molecule has 0 spiro atoms. The van der Waals surface area contributed by atoms with Crippen LogP contribution >= 0.6 is 0 Å². The lowest BCUT2D eigenvalue weighted by Gasteiger charge is -2.10. The number of hydrogen-bond donors (Lipinski definition) is 1. The third-order valence-electron chi connectivity index (χ3n) is 3.36. The van der Waals surface area contributed by atoms with E-state index in [2.05, 4.69) is 11.4 Å². The second-order valence-corrected chi connectivity index (χ2v) is 5.19. The first kappa shape index (κ1) is 15.1. The van der Waals surface area contributed by atoms with Gasteiger partial charge in [-0.25, -0.2) is 0 Å². The summed E-state index contributed by atoms with van der Waals surface area (Å²) in [4.78, 5) is 12.2. The lowest BCUT2D eigenvalue weighted by atomic mass is 10.1. The molecule has 0 bridgehead atoms. The molecule has 3 nitrogen and oxygen atoms in total. The first-order chi connectivity index (χ1) is 10.1. The van der Waals surface area contributed by atoms with Crippen LogP contribution < -0.4 is 10.1 Å². The topological polar surface area (TPSA) is 38.3 Å². The normalized spacial score (nSPS) is 10.2.